The Labute approximate surface area is 176 Å². The van der Waals surface area contributed by atoms with Crippen LogP contribution in [-0.4, -0.2) is 121 Å². The molecule has 4 heterocycles. The molecular weight excluding hydrogens is 366 g/mol. The zero-order chi connectivity index (χ0) is 20.2. The van der Waals surface area contributed by atoms with Gasteiger partial charge in [-0.15, -0.1) is 0 Å². The van der Waals surface area contributed by atoms with Gasteiger partial charge in [0.25, 0.3) is 0 Å². The Morgan fingerprint density at radius 3 is 2.14 bits per heavy atom. The predicted molar refractivity (Wildman–Crippen MR) is 114 cm³/mol. The molecule has 4 aliphatic rings. The summed E-state index contributed by atoms with van der Waals surface area (Å²) in [6, 6.07) is 0.536. The third-order valence-electron chi connectivity index (χ3n) is 7.51. The molecule has 4 rings (SSSR count). The van der Waals surface area contributed by atoms with Crippen molar-refractivity contribution < 1.29 is 9.59 Å². The molecule has 7 nitrogen and oxygen atoms in total. The fraction of sp³-hybridized carbons (Fsp3) is 0.909. The number of rotatable bonds is 4. The number of carbonyl (C=O) groups is 2. The quantitative estimate of drug-likeness (QED) is 0.684. The third-order valence-corrected chi connectivity index (χ3v) is 7.51. The number of likely N-dealkylation sites (tertiary alicyclic amines) is 3. The molecule has 4 saturated heterocycles. The Bertz CT molecular complexity index is 564. The first-order valence-corrected chi connectivity index (χ1v) is 11.8. The van der Waals surface area contributed by atoms with Gasteiger partial charge >= 0.3 is 0 Å². The van der Waals surface area contributed by atoms with Gasteiger partial charge in [0.05, 0.1) is 12.5 Å². The summed E-state index contributed by atoms with van der Waals surface area (Å²) in [6.07, 6.45) is 6.74. The van der Waals surface area contributed by atoms with Crippen LogP contribution >= 0.6 is 0 Å². The van der Waals surface area contributed by atoms with Crippen LogP contribution in [0.3, 0.4) is 0 Å². The molecule has 0 radical (unpaired) electrons. The summed E-state index contributed by atoms with van der Waals surface area (Å²) < 4.78 is 0. The lowest BCUT2D eigenvalue weighted by atomic mass is 9.92. The molecule has 0 aromatic heterocycles. The second-order valence-corrected chi connectivity index (χ2v) is 9.56. The molecule has 0 spiro atoms. The number of hydrogen-bond acceptors (Lipinski definition) is 5. The molecule has 4 aliphatic heterocycles. The summed E-state index contributed by atoms with van der Waals surface area (Å²) in [4.78, 5) is 36.9. The first kappa shape index (κ1) is 21.1. The minimum absolute atomic E-state index is 0.169. The van der Waals surface area contributed by atoms with Gasteiger partial charge in [-0.25, -0.2) is 0 Å². The lowest BCUT2D eigenvalue weighted by Crippen LogP contribution is -2.54. The highest BCUT2D eigenvalue weighted by molar-refractivity contribution is 5.79. The lowest BCUT2D eigenvalue weighted by Gasteiger charge is -2.43. The first-order chi connectivity index (χ1) is 14.1. The largest absolute Gasteiger partial charge is 0.341 e. The molecule has 0 aromatic rings. The zero-order valence-electron chi connectivity index (χ0n) is 18.2. The van der Waals surface area contributed by atoms with E-state index in [4.69, 9.17) is 0 Å². The smallest absolute Gasteiger partial charge is 0.236 e. The van der Waals surface area contributed by atoms with Crippen molar-refractivity contribution in [2.45, 2.75) is 44.6 Å². The summed E-state index contributed by atoms with van der Waals surface area (Å²) in [7, 11) is 2.13. The van der Waals surface area contributed by atoms with Crippen LogP contribution in [-0.2, 0) is 9.59 Å². The Kier molecular flexibility index (Phi) is 7.08. The maximum Gasteiger partial charge on any atom is 0.236 e. The van der Waals surface area contributed by atoms with Gasteiger partial charge in [-0.3, -0.25) is 19.4 Å². The van der Waals surface area contributed by atoms with Crippen LogP contribution < -0.4 is 0 Å². The van der Waals surface area contributed by atoms with E-state index < -0.39 is 0 Å². The normalized spacial score (nSPS) is 28.8. The van der Waals surface area contributed by atoms with Gasteiger partial charge in [0.15, 0.2) is 0 Å². The van der Waals surface area contributed by atoms with Crippen molar-refractivity contribution in [1.82, 2.24) is 24.5 Å². The maximum absolute atomic E-state index is 13.0. The molecule has 0 unspecified atom stereocenters. The van der Waals surface area contributed by atoms with E-state index in [0.29, 0.717) is 24.4 Å². The van der Waals surface area contributed by atoms with Gasteiger partial charge < -0.3 is 14.7 Å². The van der Waals surface area contributed by atoms with Crippen molar-refractivity contribution in [2.24, 2.45) is 5.92 Å². The molecular formula is C22H39N5O2. The highest BCUT2D eigenvalue weighted by atomic mass is 16.2. The number of carbonyl (C=O) groups excluding carboxylic acids is 2. The van der Waals surface area contributed by atoms with E-state index in [1.165, 1.54) is 12.8 Å². The van der Waals surface area contributed by atoms with Crippen LogP contribution in [0.4, 0.5) is 0 Å². The first-order valence-electron chi connectivity index (χ1n) is 11.8. The van der Waals surface area contributed by atoms with E-state index in [0.717, 1.165) is 91.1 Å². The SMILES string of the molecule is CN1CCN(C(=O)[C@H]2CCCN(C3CCN(C(=O)CN4CCCC4)CC3)C2)CC1. The Hall–Kier alpha value is -1.18. The van der Waals surface area contributed by atoms with Gasteiger partial charge in [-0.2, -0.15) is 0 Å². The van der Waals surface area contributed by atoms with Gasteiger partial charge in [-0.05, 0) is 65.2 Å². The molecule has 4 fully saturated rings. The Morgan fingerprint density at radius 2 is 1.45 bits per heavy atom. The lowest BCUT2D eigenvalue weighted by molar-refractivity contribution is -0.139. The summed E-state index contributed by atoms with van der Waals surface area (Å²) in [5, 5.41) is 0. The number of piperazine rings is 1. The monoisotopic (exact) mass is 405 g/mol. The molecule has 164 valence electrons. The van der Waals surface area contributed by atoms with Gasteiger partial charge in [0, 0.05) is 51.9 Å². The van der Waals surface area contributed by atoms with E-state index in [2.05, 4.69) is 31.5 Å². The van der Waals surface area contributed by atoms with E-state index in [-0.39, 0.29) is 5.92 Å². The molecule has 0 saturated carbocycles. The van der Waals surface area contributed by atoms with Crippen molar-refractivity contribution in [3.8, 4) is 0 Å². The standard InChI is InChI=1S/C22H39N5O2/c1-23-13-15-26(16-14-23)22(29)19-5-4-10-27(17-19)20-6-11-25(12-7-20)21(28)18-24-8-2-3-9-24/h19-20H,2-18H2,1H3/t19-/m0/s1. The number of piperidine rings is 2. The second-order valence-electron chi connectivity index (χ2n) is 9.56. The molecule has 0 aliphatic carbocycles. The molecule has 29 heavy (non-hydrogen) atoms. The van der Waals surface area contributed by atoms with Gasteiger partial charge in [0.2, 0.25) is 11.8 Å². The number of hydrogen-bond donors (Lipinski definition) is 0. The fourth-order valence-corrected chi connectivity index (χ4v) is 5.54. The Balaban J connectivity index is 1.23. The van der Waals surface area contributed by atoms with Gasteiger partial charge in [-0.1, -0.05) is 0 Å². The topological polar surface area (TPSA) is 50.3 Å². The minimum Gasteiger partial charge on any atom is -0.341 e. The average Bonchev–Trinajstić information content (AvgIpc) is 3.27. The van der Waals surface area contributed by atoms with Crippen LogP contribution in [0, 0.1) is 5.92 Å². The second kappa shape index (κ2) is 9.75. The fourth-order valence-electron chi connectivity index (χ4n) is 5.54. The predicted octanol–water partition coefficient (Wildman–Crippen LogP) is 0.559. The van der Waals surface area contributed by atoms with E-state index >= 15 is 0 Å². The van der Waals surface area contributed by atoms with Crippen molar-refractivity contribution in [3.63, 3.8) is 0 Å². The summed E-state index contributed by atoms with van der Waals surface area (Å²) in [5.41, 5.74) is 0. The van der Waals surface area contributed by atoms with Crippen molar-refractivity contribution >= 4 is 11.8 Å². The van der Waals surface area contributed by atoms with E-state index in [9.17, 15) is 9.59 Å². The number of likely N-dealkylation sites (N-methyl/N-ethyl adjacent to an activating group) is 1. The molecule has 0 bridgehead atoms. The Morgan fingerprint density at radius 1 is 0.759 bits per heavy atom. The van der Waals surface area contributed by atoms with Crippen LogP contribution in [0.15, 0.2) is 0 Å². The number of nitrogens with zero attached hydrogens (tertiary/aromatic N) is 5. The summed E-state index contributed by atoms with van der Waals surface area (Å²) in [6.45, 7) is 10.3. The van der Waals surface area contributed by atoms with E-state index in [1.807, 2.05) is 0 Å². The molecule has 0 aromatic carbocycles. The minimum atomic E-state index is 0.169. The molecule has 7 heteroatoms. The third kappa shape index (κ3) is 5.30. The van der Waals surface area contributed by atoms with E-state index in [1.54, 1.807) is 0 Å². The summed E-state index contributed by atoms with van der Waals surface area (Å²) in [5.74, 6) is 0.857. The highest BCUT2D eigenvalue weighted by Crippen LogP contribution is 2.25. The zero-order valence-corrected chi connectivity index (χ0v) is 18.2. The molecule has 2 amide bonds. The number of amides is 2. The average molecular weight is 406 g/mol. The van der Waals surface area contributed by atoms with Gasteiger partial charge in [0.1, 0.15) is 0 Å². The van der Waals surface area contributed by atoms with Crippen LogP contribution in [0.25, 0.3) is 0 Å². The highest BCUT2D eigenvalue weighted by Gasteiger charge is 2.34. The molecule has 1 atom stereocenters. The van der Waals surface area contributed by atoms with Crippen LogP contribution in [0.1, 0.15) is 38.5 Å². The summed E-state index contributed by atoms with van der Waals surface area (Å²) >= 11 is 0. The molecule has 0 N–H and O–H groups in total. The van der Waals surface area contributed by atoms with Crippen molar-refractivity contribution in [3.05, 3.63) is 0 Å². The van der Waals surface area contributed by atoms with Crippen molar-refractivity contribution in [2.75, 3.05) is 79.0 Å². The van der Waals surface area contributed by atoms with Crippen LogP contribution in [0.5, 0.6) is 0 Å². The maximum atomic E-state index is 13.0. The van der Waals surface area contributed by atoms with Crippen LogP contribution in [0.2, 0.25) is 0 Å². The van der Waals surface area contributed by atoms with Crippen molar-refractivity contribution in [1.29, 1.82) is 0 Å².